The number of ether oxygens (including phenoxy) is 3. The average Bonchev–Trinajstić information content (AvgIpc) is 2.84. The Hall–Kier alpha value is -3.35. The van der Waals surface area contributed by atoms with Crippen molar-refractivity contribution in [2.24, 2.45) is 0 Å². The van der Waals surface area contributed by atoms with Gasteiger partial charge in [-0.2, -0.15) is 4.31 Å². The van der Waals surface area contributed by atoms with Crippen LogP contribution < -0.4 is 14.2 Å². The van der Waals surface area contributed by atoms with Gasteiger partial charge in [0.15, 0.2) is 11.5 Å². The molecular formula is C22H28N2O9S. The summed E-state index contributed by atoms with van der Waals surface area (Å²) in [5.41, 5.74) is 1.02. The van der Waals surface area contributed by atoms with Crippen LogP contribution in [0.1, 0.15) is 5.56 Å². The predicted octanol–water partition coefficient (Wildman–Crippen LogP) is 1.37. The fourth-order valence-corrected chi connectivity index (χ4v) is 4.77. The molecule has 2 N–H and O–H groups in total. The van der Waals surface area contributed by atoms with Crippen LogP contribution in [-0.2, 0) is 26.2 Å². The van der Waals surface area contributed by atoms with Gasteiger partial charge >= 0.3 is 11.9 Å². The van der Waals surface area contributed by atoms with E-state index in [1.54, 1.807) is 45.6 Å². The zero-order valence-electron chi connectivity index (χ0n) is 19.1. The van der Waals surface area contributed by atoms with E-state index in [1.807, 2.05) is 18.2 Å². The third-order valence-electron chi connectivity index (χ3n) is 5.09. The maximum Gasteiger partial charge on any atom is 0.414 e. The van der Waals surface area contributed by atoms with Crippen LogP contribution in [0.3, 0.4) is 0 Å². The maximum atomic E-state index is 12.9. The summed E-state index contributed by atoms with van der Waals surface area (Å²) in [6.45, 7) is 2.86. The van der Waals surface area contributed by atoms with Gasteiger partial charge in [0.1, 0.15) is 5.75 Å². The summed E-state index contributed by atoms with van der Waals surface area (Å²) in [6, 6.07) is 12.3. The molecule has 0 aromatic heterocycles. The Balaban J connectivity index is 0.000000604. The summed E-state index contributed by atoms with van der Waals surface area (Å²) in [4.78, 5) is 20.7. The molecule has 0 radical (unpaired) electrons. The first-order chi connectivity index (χ1) is 16.1. The number of carbonyl (C=O) groups is 2. The van der Waals surface area contributed by atoms with Gasteiger partial charge in [-0.05, 0) is 30.3 Å². The molecule has 186 valence electrons. The van der Waals surface area contributed by atoms with Crippen LogP contribution in [0.25, 0.3) is 0 Å². The van der Waals surface area contributed by atoms with E-state index < -0.39 is 22.0 Å². The lowest BCUT2D eigenvalue weighted by Crippen LogP contribution is -2.48. The SMILES string of the molecule is COc1ccc(S(=O)(=O)N2CCN(Cc3cccc(OC)c3OC)CC2)cc1.O=C(O)C(=O)O. The maximum absolute atomic E-state index is 12.9. The van der Waals surface area contributed by atoms with Crippen molar-refractivity contribution in [3.63, 3.8) is 0 Å². The highest BCUT2D eigenvalue weighted by atomic mass is 32.2. The highest BCUT2D eigenvalue weighted by Gasteiger charge is 2.29. The molecule has 0 aliphatic carbocycles. The van der Waals surface area contributed by atoms with Gasteiger partial charge in [0, 0.05) is 38.3 Å². The summed E-state index contributed by atoms with van der Waals surface area (Å²) in [5, 5.41) is 14.8. The van der Waals surface area contributed by atoms with Crippen molar-refractivity contribution in [3.8, 4) is 17.2 Å². The topological polar surface area (TPSA) is 143 Å². The number of rotatable bonds is 7. The highest BCUT2D eigenvalue weighted by molar-refractivity contribution is 7.89. The van der Waals surface area contributed by atoms with Gasteiger partial charge < -0.3 is 24.4 Å². The van der Waals surface area contributed by atoms with Crippen LogP contribution in [0, 0.1) is 0 Å². The number of aliphatic carboxylic acids is 2. The number of para-hydroxylation sites is 1. The van der Waals surface area contributed by atoms with Crippen LogP contribution >= 0.6 is 0 Å². The number of piperazine rings is 1. The van der Waals surface area contributed by atoms with Gasteiger partial charge in [0.25, 0.3) is 0 Å². The average molecular weight is 497 g/mol. The predicted molar refractivity (Wildman–Crippen MR) is 122 cm³/mol. The molecule has 1 aliphatic heterocycles. The van der Waals surface area contributed by atoms with E-state index in [4.69, 9.17) is 34.0 Å². The first-order valence-electron chi connectivity index (χ1n) is 10.2. The third kappa shape index (κ3) is 6.83. The Kier molecular flexibility index (Phi) is 9.66. The van der Waals surface area contributed by atoms with Crippen molar-refractivity contribution in [2.75, 3.05) is 47.5 Å². The first kappa shape index (κ1) is 26.9. The molecule has 0 unspecified atom stereocenters. The number of benzene rings is 2. The number of sulfonamides is 1. The van der Waals surface area contributed by atoms with Crippen molar-refractivity contribution in [1.82, 2.24) is 9.21 Å². The van der Waals surface area contributed by atoms with Crippen molar-refractivity contribution in [3.05, 3.63) is 48.0 Å². The Bertz CT molecular complexity index is 1070. The molecule has 1 saturated heterocycles. The molecule has 1 fully saturated rings. The normalized spacial score (nSPS) is 14.4. The van der Waals surface area contributed by atoms with Crippen molar-refractivity contribution >= 4 is 22.0 Å². The first-order valence-corrected chi connectivity index (χ1v) is 11.6. The molecule has 0 saturated carbocycles. The monoisotopic (exact) mass is 496 g/mol. The molecule has 3 rings (SSSR count). The third-order valence-corrected chi connectivity index (χ3v) is 7.00. The second-order valence-electron chi connectivity index (χ2n) is 7.12. The number of carboxylic acids is 2. The summed E-state index contributed by atoms with van der Waals surface area (Å²) >= 11 is 0. The minimum Gasteiger partial charge on any atom is -0.497 e. The summed E-state index contributed by atoms with van der Waals surface area (Å²) in [7, 11) is 1.30. The molecule has 0 amide bonds. The number of methoxy groups -OCH3 is 3. The minimum absolute atomic E-state index is 0.288. The second-order valence-corrected chi connectivity index (χ2v) is 9.06. The minimum atomic E-state index is -3.50. The van der Waals surface area contributed by atoms with Gasteiger partial charge in [-0.3, -0.25) is 4.90 Å². The van der Waals surface area contributed by atoms with Crippen LogP contribution in [0.4, 0.5) is 0 Å². The molecule has 2 aromatic carbocycles. The number of carboxylic acid groups (broad SMARTS) is 2. The van der Waals surface area contributed by atoms with Crippen LogP contribution in [0.5, 0.6) is 17.2 Å². The Morgan fingerprint density at radius 2 is 1.44 bits per heavy atom. The van der Waals surface area contributed by atoms with Gasteiger partial charge in [-0.25, -0.2) is 18.0 Å². The van der Waals surface area contributed by atoms with E-state index in [0.29, 0.717) is 44.2 Å². The lowest BCUT2D eigenvalue weighted by Gasteiger charge is -2.34. The zero-order valence-corrected chi connectivity index (χ0v) is 19.9. The van der Waals surface area contributed by atoms with Crippen LogP contribution in [-0.4, -0.2) is 87.3 Å². The van der Waals surface area contributed by atoms with Gasteiger partial charge in [-0.15, -0.1) is 0 Å². The van der Waals surface area contributed by atoms with E-state index in [9.17, 15) is 8.42 Å². The van der Waals surface area contributed by atoms with Crippen LogP contribution in [0.15, 0.2) is 47.4 Å². The quantitative estimate of drug-likeness (QED) is 0.540. The molecule has 12 heteroatoms. The number of nitrogens with zero attached hydrogens (tertiary/aromatic N) is 2. The second kappa shape index (κ2) is 12.2. The fraction of sp³-hybridized carbons (Fsp3) is 0.364. The molecule has 0 atom stereocenters. The van der Waals surface area contributed by atoms with E-state index in [1.165, 1.54) is 4.31 Å². The van der Waals surface area contributed by atoms with Gasteiger partial charge in [0.05, 0.1) is 26.2 Å². The Morgan fingerprint density at radius 3 is 1.91 bits per heavy atom. The van der Waals surface area contributed by atoms with E-state index in [-0.39, 0.29) is 4.90 Å². The van der Waals surface area contributed by atoms with Crippen molar-refractivity contribution < 1.29 is 42.4 Å². The molecule has 34 heavy (non-hydrogen) atoms. The standard InChI is InChI=1S/C20H26N2O5S.C2H2O4/c1-25-17-7-9-18(10-8-17)28(23,24)22-13-11-21(12-14-22)15-16-5-4-6-19(26-2)20(16)27-3;3-1(4)2(5)6/h4-10H,11-15H2,1-3H3;(H,3,4)(H,5,6). The Labute approximate surface area is 198 Å². The molecule has 0 bridgehead atoms. The zero-order chi connectivity index (χ0) is 25.3. The van der Waals surface area contributed by atoms with E-state index >= 15 is 0 Å². The number of hydrogen-bond acceptors (Lipinski definition) is 8. The molecule has 0 spiro atoms. The van der Waals surface area contributed by atoms with Gasteiger partial charge in [0.2, 0.25) is 10.0 Å². The van der Waals surface area contributed by atoms with E-state index in [0.717, 1.165) is 11.3 Å². The van der Waals surface area contributed by atoms with Crippen molar-refractivity contribution in [2.45, 2.75) is 11.4 Å². The largest absolute Gasteiger partial charge is 0.497 e. The number of hydrogen-bond donors (Lipinski definition) is 2. The summed E-state index contributed by atoms with van der Waals surface area (Å²) in [5.74, 6) is -1.60. The summed E-state index contributed by atoms with van der Waals surface area (Å²) in [6.07, 6.45) is 0. The summed E-state index contributed by atoms with van der Waals surface area (Å²) < 4.78 is 43.2. The van der Waals surface area contributed by atoms with E-state index in [2.05, 4.69) is 4.90 Å². The highest BCUT2D eigenvalue weighted by Crippen LogP contribution is 2.32. The molecule has 11 nitrogen and oxygen atoms in total. The molecular weight excluding hydrogens is 468 g/mol. The lowest BCUT2D eigenvalue weighted by atomic mass is 10.1. The molecule has 1 heterocycles. The van der Waals surface area contributed by atoms with Crippen LogP contribution in [0.2, 0.25) is 0 Å². The van der Waals surface area contributed by atoms with Crippen molar-refractivity contribution in [1.29, 1.82) is 0 Å². The Morgan fingerprint density at radius 1 is 0.853 bits per heavy atom. The van der Waals surface area contributed by atoms with Gasteiger partial charge in [-0.1, -0.05) is 12.1 Å². The lowest BCUT2D eigenvalue weighted by molar-refractivity contribution is -0.159. The molecule has 2 aromatic rings. The smallest absolute Gasteiger partial charge is 0.414 e. The fourth-order valence-electron chi connectivity index (χ4n) is 3.34. The molecule has 1 aliphatic rings.